The van der Waals surface area contributed by atoms with Crippen molar-refractivity contribution in [1.82, 2.24) is 0 Å². The van der Waals surface area contributed by atoms with Crippen LogP contribution >= 0.6 is 18.1 Å². The summed E-state index contributed by atoms with van der Waals surface area (Å²) in [6.45, 7) is -0.918. The van der Waals surface area contributed by atoms with Gasteiger partial charge >= 0.3 is 6.72 Å². The van der Waals surface area contributed by atoms with E-state index in [1.54, 1.807) is 0 Å². The van der Waals surface area contributed by atoms with Crippen molar-refractivity contribution >= 4 is 23.8 Å². The molecule has 1 heterocycles. The summed E-state index contributed by atoms with van der Waals surface area (Å²) >= 11 is 1.26. The molecule has 3 rings (SSSR count). The Morgan fingerprint density at radius 1 is 1.11 bits per heavy atom. The Kier molecular flexibility index (Phi) is 2.84. The van der Waals surface area contributed by atoms with Crippen molar-refractivity contribution in [1.29, 1.82) is 0 Å². The van der Waals surface area contributed by atoms with Crippen molar-refractivity contribution in [3.8, 4) is 5.75 Å². The van der Waals surface area contributed by atoms with E-state index in [2.05, 4.69) is 5.09 Å². The maximum absolute atomic E-state index is 12.6. The first-order valence-electron chi connectivity index (χ1n) is 5.58. The van der Waals surface area contributed by atoms with Crippen LogP contribution in [0.25, 0.3) is 0 Å². The molecule has 1 aliphatic rings. The first-order chi connectivity index (χ1) is 8.65. The molecule has 2 aromatic carbocycles. The van der Waals surface area contributed by atoms with Crippen LogP contribution in [0.1, 0.15) is 5.56 Å². The van der Waals surface area contributed by atoms with Gasteiger partial charge in [0.15, 0.2) is 0 Å². The lowest BCUT2D eigenvalue weighted by atomic mass is 10.2. The van der Waals surface area contributed by atoms with Crippen LogP contribution in [0.15, 0.2) is 53.4 Å². The number of hydrogen-bond donors (Lipinski definition) is 1. The van der Waals surface area contributed by atoms with E-state index >= 15 is 0 Å². The molecule has 0 aliphatic carbocycles. The van der Waals surface area contributed by atoms with Gasteiger partial charge < -0.3 is 4.52 Å². The molecular formula is C13H12NO2PS. The van der Waals surface area contributed by atoms with Crippen molar-refractivity contribution in [3.63, 3.8) is 0 Å². The van der Waals surface area contributed by atoms with Crippen LogP contribution in [0, 0.1) is 6.92 Å². The Hall–Kier alpha value is -1.38. The minimum atomic E-state index is -2.92. The molecule has 0 bridgehead atoms. The summed E-state index contributed by atoms with van der Waals surface area (Å²) in [7, 11) is 0. The highest BCUT2D eigenvalue weighted by Gasteiger charge is 2.34. The molecular weight excluding hydrogens is 265 g/mol. The van der Waals surface area contributed by atoms with Gasteiger partial charge in [0.05, 0.1) is 5.69 Å². The van der Waals surface area contributed by atoms with E-state index in [4.69, 9.17) is 4.52 Å². The van der Waals surface area contributed by atoms with Gasteiger partial charge in [0.25, 0.3) is 0 Å². The third-order valence-electron chi connectivity index (χ3n) is 2.61. The molecule has 1 N–H and O–H groups in total. The lowest BCUT2D eigenvalue weighted by Crippen LogP contribution is -1.95. The highest BCUT2D eigenvalue weighted by atomic mass is 32.7. The smallest absolute Gasteiger partial charge is 0.404 e. The maximum Gasteiger partial charge on any atom is 0.404 e. The molecule has 3 nitrogen and oxygen atoms in total. The van der Waals surface area contributed by atoms with Crippen LogP contribution in [0.4, 0.5) is 5.69 Å². The van der Waals surface area contributed by atoms with Gasteiger partial charge in [-0.3, -0.25) is 5.09 Å². The minimum absolute atomic E-state index is 0.622. The molecule has 1 unspecified atom stereocenters. The summed E-state index contributed by atoms with van der Waals surface area (Å²) in [4.78, 5) is 0.966. The van der Waals surface area contributed by atoms with E-state index < -0.39 is 6.72 Å². The third-order valence-corrected chi connectivity index (χ3v) is 6.18. The number of aryl methyl sites for hydroxylation is 1. The molecule has 92 valence electrons. The van der Waals surface area contributed by atoms with Crippen molar-refractivity contribution in [2.45, 2.75) is 11.8 Å². The van der Waals surface area contributed by atoms with E-state index in [0.29, 0.717) is 5.75 Å². The van der Waals surface area contributed by atoms with Crippen LogP contribution in [0.3, 0.4) is 0 Å². The van der Waals surface area contributed by atoms with Crippen LogP contribution in [0.5, 0.6) is 5.75 Å². The number of benzene rings is 2. The number of para-hydroxylation sites is 1. The van der Waals surface area contributed by atoms with Crippen molar-refractivity contribution in [3.05, 3.63) is 54.1 Å². The van der Waals surface area contributed by atoms with Gasteiger partial charge in [0.1, 0.15) is 5.75 Å². The van der Waals surface area contributed by atoms with Gasteiger partial charge in [0.2, 0.25) is 0 Å². The van der Waals surface area contributed by atoms with E-state index in [0.717, 1.165) is 16.1 Å². The summed E-state index contributed by atoms with van der Waals surface area (Å²) in [5.74, 6) is 0.622. The molecule has 2 aromatic rings. The lowest BCUT2D eigenvalue weighted by Gasteiger charge is -2.13. The Morgan fingerprint density at radius 3 is 2.56 bits per heavy atom. The predicted molar refractivity (Wildman–Crippen MR) is 75.3 cm³/mol. The fourth-order valence-electron chi connectivity index (χ4n) is 1.72. The highest BCUT2D eigenvalue weighted by molar-refractivity contribution is 8.57. The normalized spacial score (nSPS) is 21.2. The first kappa shape index (κ1) is 11.7. The summed E-state index contributed by atoms with van der Waals surface area (Å²) in [5.41, 5.74) is 2.02. The zero-order valence-corrected chi connectivity index (χ0v) is 11.5. The molecule has 0 spiro atoms. The zero-order valence-electron chi connectivity index (χ0n) is 9.79. The number of rotatable bonds is 2. The molecule has 18 heavy (non-hydrogen) atoms. The number of hydrogen-bond acceptors (Lipinski definition) is 3. The number of anilines is 1. The summed E-state index contributed by atoms with van der Waals surface area (Å²) < 4.78 is 18.2. The zero-order chi connectivity index (χ0) is 12.6. The molecule has 0 saturated carbocycles. The number of nitrogens with one attached hydrogen (secondary N) is 1. The fourth-order valence-corrected chi connectivity index (χ4v) is 5.48. The van der Waals surface area contributed by atoms with Crippen LogP contribution in [0.2, 0.25) is 0 Å². The predicted octanol–water partition coefficient (Wildman–Crippen LogP) is 4.70. The number of fused-ring (bicyclic) bond motifs is 1. The topological polar surface area (TPSA) is 38.3 Å². The summed E-state index contributed by atoms with van der Waals surface area (Å²) in [5, 5.41) is 2.97. The summed E-state index contributed by atoms with van der Waals surface area (Å²) in [6, 6.07) is 15.2. The van der Waals surface area contributed by atoms with Crippen LogP contribution < -0.4 is 9.61 Å². The summed E-state index contributed by atoms with van der Waals surface area (Å²) in [6.07, 6.45) is 0. The quantitative estimate of drug-likeness (QED) is 0.807. The Balaban J connectivity index is 1.83. The molecule has 0 saturated heterocycles. The van der Waals surface area contributed by atoms with Gasteiger partial charge in [-0.1, -0.05) is 29.8 Å². The first-order valence-corrected chi connectivity index (χ1v) is 8.62. The Bertz CT molecular complexity index is 598. The molecule has 0 aromatic heterocycles. The van der Waals surface area contributed by atoms with Crippen molar-refractivity contribution in [2.75, 3.05) is 5.09 Å². The van der Waals surface area contributed by atoms with Gasteiger partial charge in [-0.05, 0) is 31.2 Å². The van der Waals surface area contributed by atoms with Gasteiger partial charge in [-0.15, -0.1) is 0 Å². The molecule has 0 amide bonds. The second kappa shape index (κ2) is 4.38. The Labute approximate surface area is 110 Å². The van der Waals surface area contributed by atoms with Gasteiger partial charge in [-0.25, -0.2) is 4.57 Å². The largest absolute Gasteiger partial charge is 0.422 e. The second-order valence-corrected chi connectivity index (χ2v) is 8.11. The molecule has 0 radical (unpaired) electrons. The molecule has 5 heteroatoms. The van der Waals surface area contributed by atoms with E-state index in [1.165, 1.54) is 11.4 Å². The standard InChI is InChI=1S/C13H12NO2PS/c1-10-6-8-11(9-7-10)16-17(15)14-12-4-2-3-5-13(12)18-17/h2-9H,1H3,(H,14,15). The van der Waals surface area contributed by atoms with E-state index in [-0.39, 0.29) is 0 Å². The molecule has 0 fully saturated rings. The highest BCUT2D eigenvalue weighted by Crippen LogP contribution is 2.68. The fraction of sp³-hybridized carbons (Fsp3) is 0.0769. The Morgan fingerprint density at radius 2 is 1.83 bits per heavy atom. The van der Waals surface area contributed by atoms with Crippen molar-refractivity contribution in [2.24, 2.45) is 0 Å². The maximum atomic E-state index is 12.6. The molecule has 1 aliphatic heterocycles. The SMILES string of the molecule is Cc1ccc(OP2(=O)Nc3ccccc3S2)cc1. The van der Waals surface area contributed by atoms with Gasteiger partial charge in [0, 0.05) is 16.3 Å². The monoisotopic (exact) mass is 277 g/mol. The van der Waals surface area contributed by atoms with E-state index in [1.807, 2.05) is 55.5 Å². The average Bonchev–Trinajstić information content (AvgIpc) is 2.68. The lowest BCUT2D eigenvalue weighted by molar-refractivity contribution is 0.505. The third kappa shape index (κ3) is 2.26. The minimum Gasteiger partial charge on any atom is -0.422 e. The van der Waals surface area contributed by atoms with E-state index in [9.17, 15) is 4.57 Å². The van der Waals surface area contributed by atoms with Crippen LogP contribution in [-0.2, 0) is 4.57 Å². The van der Waals surface area contributed by atoms with Crippen LogP contribution in [-0.4, -0.2) is 0 Å². The second-order valence-electron chi connectivity index (χ2n) is 4.10. The average molecular weight is 277 g/mol. The van der Waals surface area contributed by atoms with Crippen molar-refractivity contribution < 1.29 is 9.09 Å². The molecule has 1 atom stereocenters. The van der Waals surface area contributed by atoms with Gasteiger partial charge in [-0.2, -0.15) is 0 Å².